The van der Waals surface area contributed by atoms with Gasteiger partial charge in [0.15, 0.2) is 5.65 Å². The molecule has 0 bridgehead atoms. The molecular formula is C15H16N4O5. The average Bonchev–Trinajstić information content (AvgIpc) is 2.55. The first kappa shape index (κ1) is 17.1. The van der Waals surface area contributed by atoms with Crippen LogP contribution in [0.15, 0.2) is 29.3 Å². The number of hydrogen-bond acceptors (Lipinski definition) is 6. The topological polar surface area (TPSA) is 119 Å². The molecular weight excluding hydrogens is 316 g/mol. The van der Waals surface area contributed by atoms with Crippen molar-refractivity contribution in [3.63, 3.8) is 0 Å². The second-order valence-corrected chi connectivity index (χ2v) is 4.76. The molecule has 2 amide bonds. The molecule has 9 heteroatoms. The predicted molar refractivity (Wildman–Crippen MR) is 84.7 cm³/mol. The van der Waals surface area contributed by atoms with E-state index < -0.39 is 23.3 Å². The molecule has 0 aliphatic rings. The molecule has 0 radical (unpaired) electrons. The quantitative estimate of drug-likeness (QED) is 0.741. The van der Waals surface area contributed by atoms with Crippen molar-refractivity contribution in [3.8, 4) is 0 Å². The van der Waals surface area contributed by atoms with Gasteiger partial charge in [0.05, 0.1) is 18.4 Å². The van der Waals surface area contributed by atoms with Gasteiger partial charge in [0.1, 0.15) is 12.2 Å². The van der Waals surface area contributed by atoms with Crippen LogP contribution in [0.5, 0.6) is 0 Å². The zero-order chi connectivity index (χ0) is 17.7. The first-order valence-corrected chi connectivity index (χ1v) is 7.15. The third-order valence-electron chi connectivity index (χ3n) is 2.99. The van der Waals surface area contributed by atoms with Gasteiger partial charge >= 0.3 is 5.97 Å². The van der Waals surface area contributed by atoms with Crippen molar-refractivity contribution in [3.05, 3.63) is 40.4 Å². The van der Waals surface area contributed by atoms with Crippen molar-refractivity contribution in [2.24, 2.45) is 0 Å². The van der Waals surface area contributed by atoms with Gasteiger partial charge in [0.25, 0.3) is 11.5 Å². The number of hydrogen-bond donors (Lipinski definition) is 2. The zero-order valence-electron chi connectivity index (χ0n) is 13.2. The van der Waals surface area contributed by atoms with E-state index in [1.165, 1.54) is 31.5 Å². The van der Waals surface area contributed by atoms with E-state index in [9.17, 15) is 19.2 Å². The fourth-order valence-corrected chi connectivity index (χ4v) is 2.02. The van der Waals surface area contributed by atoms with E-state index in [1.54, 1.807) is 6.92 Å². The first-order valence-electron chi connectivity index (χ1n) is 7.15. The van der Waals surface area contributed by atoms with Crippen LogP contribution in [0.25, 0.3) is 5.65 Å². The normalized spacial score (nSPS) is 10.2. The maximum Gasteiger partial charge on any atom is 0.325 e. The third-order valence-corrected chi connectivity index (χ3v) is 2.99. The van der Waals surface area contributed by atoms with Crippen molar-refractivity contribution in [1.29, 1.82) is 0 Å². The summed E-state index contributed by atoms with van der Waals surface area (Å²) < 4.78 is 5.87. The van der Waals surface area contributed by atoms with Gasteiger partial charge in [-0.3, -0.25) is 23.6 Å². The Balaban J connectivity index is 2.33. The summed E-state index contributed by atoms with van der Waals surface area (Å²) >= 11 is 0. The van der Waals surface area contributed by atoms with Gasteiger partial charge in [0, 0.05) is 13.1 Å². The largest absolute Gasteiger partial charge is 0.465 e. The molecule has 24 heavy (non-hydrogen) atoms. The molecule has 0 aliphatic carbocycles. The van der Waals surface area contributed by atoms with Crippen molar-refractivity contribution < 1.29 is 19.1 Å². The number of esters is 1. The molecule has 2 N–H and O–H groups in total. The summed E-state index contributed by atoms with van der Waals surface area (Å²) in [6.07, 6.45) is 2.61. The molecule has 2 aromatic rings. The van der Waals surface area contributed by atoms with Gasteiger partial charge in [-0.2, -0.15) is 0 Å². The summed E-state index contributed by atoms with van der Waals surface area (Å²) in [6.45, 7) is 2.86. The minimum absolute atomic E-state index is 0.00378. The van der Waals surface area contributed by atoms with Crippen LogP contribution in [0.1, 0.15) is 24.2 Å². The number of anilines is 1. The molecule has 0 saturated heterocycles. The number of pyridine rings is 1. The fraction of sp³-hybridized carbons (Fsp3) is 0.267. The van der Waals surface area contributed by atoms with Gasteiger partial charge < -0.3 is 15.4 Å². The lowest BCUT2D eigenvalue weighted by Gasteiger charge is -2.09. The van der Waals surface area contributed by atoms with E-state index in [0.717, 1.165) is 4.40 Å². The summed E-state index contributed by atoms with van der Waals surface area (Å²) in [4.78, 5) is 50.9. The van der Waals surface area contributed by atoms with E-state index in [4.69, 9.17) is 4.74 Å². The van der Waals surface area contributed by atoms with Crippen molar-refractivity contribution in [2.75, 3.05) is 18.5 Å². The van der Waals surface area contributed by atoms with Gasteiger partial charge in [-0.05, 0) is 19.1 Å². The van der Waals surface area contributed by atoms with Crippen LogP contribution in [0.4, 0.5) is 5.69 Å². The van der Waals surface area contributed by atoms with E-state index in [1.807, 2.05) is 0 Å². The van der Waals surface area contributed by atoms with E-state index in [-0.39, 0.29) is 30.0 Å². The molecule has 2 heterocycles. The van der Waals surface area contributed by atoms with Gasteiger partial charge in [-0.25, -0.2) is 4.98 Å². The smallest absolute Gasteiger partial charge is 0.325 e. The van der Waals surface area contributed by atoms with E-state index >= 15 is 0 Å². The fourth-order valence-electron chi connectivity index (χ4n) is 2.02. The summed E-state index contributed by atoms with van der Waals surface area (Å²) in [5, 5.41) is 4.77. The number of nitrogens with zero attached hydrogens (tertiary/aromatic N) is 2. The SMILES string of the molecule is CCOC(=O)CNC(=O)c1cccn2c(=O)c(NC(C)=O)cnc12. The standard InChI is InChI=1S/C15H16N4O5/c1-3-24-12(21)8-17-14(22)10-5-4-6-19-13(10)16-7-11(15(19)23)18-9(2)20/h4-7H,3,8H2,1-2H3,(H,17,22)(H,18,20). The van der Waals surface area contributed by atoms with Crippen LogP contribution in [0.3, 0.4) is 0 Å². The number of carbonyl (C=O) groups is 3. The lowest BCUT2D eigenvalue weighted by Crippen LogP contribution is -2.31. The van der Waals surface area contributed by atoms with Crippen molar-refractivity contribution in [2.45, 2.75) is 13.8 Å². The second-order valence-electron chi connectivity index (χ2n) is 4.76. The van der Waals surface area contributed by atoms with Crippen LogP contribution < -0.4 is 16.2 Å². The molecule has 0 atom stereocenters. The summed E-state index contributed by atoms with van der Waals surface area (Å²) in [6, 6.07) is 2.97. The Hall–Kier alpha value is -3.23. The minimum Gasteiger partial charge on any atom is -0.465 e. The van der Waals surface area contributed by atoms with Crippen LogP contribution in [-0.2, 0) is 14.3 Å². The molecule has 0 fully saturated rings. The maximum absolute atomic E-state index is 12.3. The van der Waals surface area contributed by atoms with E-state index in [2.05, 4.69) is 15.6 Å². The Bertz CT molecular complexity index is 859. The molecule has 0 aliphatic heterocycles. The number of carbonyl (C=O) groups excluding carboxylic acids is 3. The molecule has 0 saturated carbocycles. The Morgan fingerprint density at radius 1 is 1.33 bits per heavy atom. The second kappa shape index (κ2) is 7.36. The van der Waals surface area contributed by atoms with Crippen molar-refractivity contribution >= 4 is 29.1 Å². The highest BCUT2D eigenvalue weighted by Crippen LogP contribution is 2.08. The molecule has 126 valence electrons. The zero-order valence-corrected chi connectivity index (χ0v) is 13.2. The van der Waals surface area contributed by atoms with E-state index in [0.29, 0.717) is 0 Å². The Morgan fingerprint density at radius 2 is 2.08 bits per heavy atom. The molecule has 2 aromatic heterocycles. The van der Waals surface area contributed by atoms with Gasteiger partial charge in [-0.1, -0.05) is 0 Å². The number of fused-ring (bicyclic) bond motifs is 1. The maximum atomic E-state index is 12.3. The number of aromatic nitrogens is 2. The predicted octanol–water partition coefficient (Wildman–Crippen LogP) is -0.0542. The Kier molecular flexibility index (Phi) is 5.25. The Labute approximate surface area is 136 Å². The highest BCUT2D eigenvalue weighted by atomic mass is 16.5. The number of ether oxygens (including phenoxy) is 1. The minimum atomic E-state index is -0.569. The summed E-state index contributed by atoms with van der Waals surface area (Å²) in [5.74, 6) is -1.54. The number of rotatable bonds is 5. The summed E-state index contributed by atoms with van der Waals surface area (Å²) in [7, 11) is 0. The van der Waals surface area contributed by atoms with Crippen LogP contribution in [-0.4, -0.2) is 40.3 Å². The van der Waals surface area contributed by atoms with Gasteiger partial charge in [0.2, 0.25) is 5.91 Å². The molecule has 2 rings (SSSR count). The molecule has 0 spiro atoms. The van der Waals surface area contributed by atoms with Gasteiger partial charge in [-0.15, -0.1) is 0 Å². The Morgan fingerprint density at radius 3 is 2.75 bits per heavy atom. The molecule has 9 nitrogen and oxygen atoms in total. The highest BCUT2D eigenvalue weighted by molar-refractivity contribution is 6.01. The van der Waals surface area contributed by atoms with Crippen LogP contribution >= 0.6 is 0 Å². The lowest BCUT2D eigenvalue weighted by molar-refractivity contribution is -0.141. The van der Waals surface area contributed by atoms with Crippen LogP contribution in [0.2, 0.25) is 0 Å². The highest BCUT2D eigenvalue weighted by Gasteiger charge is 2.15. The first-order chi connectivity index (χ1) is 11.4. The lowest BCUT2D eigenvalue weighted by atomic mass is 10.2. The molecule has 0 unspecified atom stereocenters. The monoisotopic (exact) mass is 332 g/mol. The van der Waals surface area contributed by atoms with Crippen LogP contribution in [0, 0.1) is 0 Å². The average molecular weight is 332 g/mol. The number of nitrogens with one attached hydrogen (secondary N) is 2. The van der Waals surface area contributed by atoms with Crippen molar-refractivity contribution in [1.82, 2.24) is 14.7 Å². The summed E-state index contributed by atoms with van der Waals surface area (Å²) in [5.41, 5.74) is -0.287. The third kappa shape index (κ3) is 3.75. The molecule has 0 aromatic carbocycles. The number of amides is 2.